The van der Waals surface area contributed by atoms with Gasteiger partial charge in [-0.05, 0) is 37.1 Å². The summed E-state index contributed by atoms with van der Waals surface area (Å²) in [7, 11) is 0. The van der Waals surface area contributed by atoms with Gasteiger partial charge in [-0.1, -0.05) is 31.5 Å². The average Bonchev–Trinajstić information content (AvgIpc) is 3.38. The Kier molecular flexibility index (Phi) is 7.44. The molecular weight excluding hydrogens is 526 g/mol. The number of nitrogens with zero attached hydrogens (tertiary/aromatic N) is 3. The standard InChI is InChI=1S/C31H35N3O7/c1-2-3-12-33-23-8-5-4-7-22(23)31(30(33)38)26(27(35)21-9-10-24-25(20-21)41-19-18-40-24)28(36)29(37)34(31)13-6-11-32-14-16-39-17-15-32/h4-5,7-10,20,35H,2-3,6,11-19H2,1H3/t31-/m1/s1. The van der Waals surface area contributed by atoms with E-state index in [9.17, 15) is 19.5 Å². The monoisotopic (exact) mass is 561 g/mol. The molecule has 0 saturated carbocycles. The third-order valence-corrected chi connectivity index (χ3v) is 8.32. The minimum Gasteiger partial charge on any atom is -0.507 e. The summed E-state index contributed by atoms with van der Waals surface area (Å²) in [5.74, 6) is -1.50. The number of aliphatic hydroxyl groups is 1. The number of morpholine rings is 1. The Balaban J connectivity index is 1.48. The van der Waals surface area contributed by atoms with Crippen molar-refractivity contribution in [2.24, 2.45) is 0 Å². The van der Waals surface area contributed by atoms with Gasteiger partial charge < -0.3 is 29.1 Å². The van der Waals surface area contributed by atoms with Gasteiger partial charge in [0.25, 0.3) is 17.6 Å². The first kappa shape index (κ1) is 27.3. The van der Waals surface area contributed by atoms with E-state index in [1.807, 2.05) is 19.1 Å². The highest BCUT2D eigenvalue weighted by molar-refractivity contribution is 6.50. The number of hydrogen-bond donors (Lipinski definition) is 1. The van der Waals surface area contributed by atoms with Crippen LogP contribution in [0.1, 0.15) is 37.3 Å². The number of likely N-dealkylation sites (tertiary alicyclic amines) is 1. The Bertz CT molecular complexity index is 1400. The third kappa shape index (κ3) is 4.46. The Labute approximate surface area is 239 Å². The summed E-state index contributed by atoms with van der Waals surface area (Å²) in [4.78, 5) is 47.6. The van der Waals surface area contributed by atoms with Crippen LogP contribution in [-0.2, 0) is 24.7 Å². The van der Waals surface area contributed by atoms with Crippen LogP contribution in [0.25, 0.3) is 5.76 Å². The second-order valence-corrected chi connectivity index (χ2v) is 10.7. The number of rotatable bonds is 8. The number of aliphatic hydroxyl groups excluding tert-OH is 1. The number of hydrogen-bond acceptors (Lipinski definition) is 8. The van der Waals surface area contributed by atoms with E-state index in [2.05, 4.69) is 4.90 Å². The number of benzene rings is 2. The third-order valence-electron chi connectivity index (χ3n) is 8.32. The molecule has 6 rings (SSSR count). The van der Waals surface area contributed by atoms with Crippen molar-refractivity contribution in [1.29, 1.82) is 0 Å². The van der Waals surface area contributed by atoms with E-state index < -0.39 is 28.9 Å². The fraction of sp³-hybridized carbons (Fsp3) is 0.452. The first-order valence-corrected chi connectivity index (χ1v) is 14.4. The van der Waals surface area contributed by atoms with Crippen LogP contribution >= 0.6 is 0 Å². The summed E-state index contributed by atoms with van der Waals surface area (Å²) in [5.41, 5.74) is -0.509. The number of Topliss-reactive ketones (excluding diaryl/α,β-unsaturated/α-hetero) is 1. The van der Waals surface area contributed by atoms with E-state index >= 15 is 0 Å². The van der Waals surface area contributed by atoms with Gasteiger partial charge in [-0.25, -0.2) is 0 Å². The molecular formula is C31H35N3O7. The molecule has 2 saturated heterocycles. The van der Waals surface area contributed by atoms with Crippen molar-refractivity contribution >= 4 is 29.0 Å². The zero-order chi connectivity index (χ0) is 28.6. The van der Waals surface area contributed by atoms with Crippen LogP contribution < -0.4 is 14.4 Å². The molecule has 4 aliphatic heterocycles. The lowest BCUT2D eigenvalue weighted by molar-refractivity contribution is -0.143. The van der Waals surface area contributed by atoms with Crippen molar-refractivity contribution in [3.63, 3.8) is 0 Å². The molecule has 4 heterocycles. The zero-order valence-corrected chi connectivity index (χ0v) is 23.3. The van der Waals surface area contributed by atoms with Crippen molar-refractivity contribution in [2.45, 2.75) is 31.7 Å². The zero-order valence-electron chi connectivity index (χ0n) is 23.3. The number of anilines is 1. The van der Waals surface area contributed by atoms with Gasteiger partial charge in [0.1, 0.15) is 19.0 Å². The molecule has 41 heavy (non-hydrogen) atoms. The minimum absolute atomic E-state index is 0.182. The molecule has 2 fully saturated rings. The lowest BCUT2D eigenvalue weighted by Crippen LogP contribution is -2.52. The summed E-state index contributed by atoms with van der Waals surface area (Å²) in [6.45, 7) is 7.01. The van der Waals surface area contributed by atoms with E-state index in [-0.39, 0.29) is 17.7 Å². The van der Waals surface area contributed by atoms with Gasteiger partial charge in [0.2, 0.25) is 0 Å². The molecule has 0 bridgehead atoms. The van der Waals surface area contributed by atoms with Gasteiger partial charge in [0.05, 0.1) is 24.5 Å². The van der Waals surface area contributed by atoms with Gasteiger partial charge >= 0.3 is 0 Å². The fourth-order valence-corrected chi connectivity index (χ4v) is 6.32. The summed E-state index contributed by atoms with van der Waals surface area (Å²) in [6.07, 6.45) is 2.18. The van der Waals surface area contributed by atoms with Crippen LogP contribution in [0.4, 0.5) is 5.69 Å². The summed E-state index contributed by atoms with van der Waals surface area (Å²) in [6, 6.07) is 12.1. The first-order chi connectivity index (χ1) is 20.0. The molecule has 1 N–H and O–H groups in total. The van der Waals surface area contributed by atoms with Crippen LogP contribution in [-0.4, -0.2) is 91.7 Å². The Morgan fingerprint density at radius 3 is 2.44 bits per heavy atom. The minimum atomic E-state index is -1.76. The van der Waals surface area contributed by atoms with E-state index in [1.165, 1.54) is 4.90 Å². The quantitative estimate of drug-likeness (QED) is 0.298. The highest BCUT2D eigenvalue weighted by Crippen LogP contribution is 2.54. The largest absolute Gasteiger partial charge is 0.507 e. The number of ketones is 1. The first-order valence-electron chi connectivity index (χ1n) is 14.4. The number of carbonyl (C=O) groups excluding carboxylic acids is 3. The van der Waals surface area contributed by atoms with Crippen LogP contribution in [0, 0.1) is 0 Å². The highest BCUT2D eigenvalue weighted by Gasteiger charge is 2.66. The molecule has 1 atom stereocenters. The molecule has 0 aromatic heterocycles. The molecule has 0 aliphatic carbocycles. The van der Waals surface area contributed by atoms with Gasteiger partial charge in [-0.15, -0.1) is 0 Å². The maximum absolute atomic E-state index is 14.6. The molecule has 10 heteroatoms. The normalized spacial score (nSPS) is 23.5. The van der Waals surface area contributed by atoms with Crippen molar-refractivity contribution < 1.29 is 33.7 Å². The number of fused-ring (bicyclic) bond motifs is 3. The molecule has 0 radical (unpaired) electrons. The Morgan fingerprint density at radius 1 is 0.902 bits per heavy atom. The van der Waals surface area contributed by atoms with Crippen LogP contribution in [0.2, 0.25) is 0 Å². The maximum Gasteiger partial charge on any atom is 0.296 e. The molecule has 4 aliphatic rings. The number of ether oxygens (including phenoxy) is 3. The van der Waals surface area contributed by atoms with Crippen molar-refractivity contribution in [1.82, 2.24) is 9.80 Å². The number of amides is 2. The van der Waals surface area contributed by atoms with Crippen molar-refractivity contribution in [3.8, 4) is 11.5 Å². The van der Waals surface area contributed by atoms with Crippen LogP contribution in [0.3, 0.4) is 0 Å². The van der Waals surface area contributed by atoms with E-state index in [1.54, 1.807) is 35.2 Å². The number of unbranched alkanes of at least 4 members (excludes halogenated alkanes) is 1. The lowest BCUT2D eigenvalue weighted by atomic mass is 9.81. The maximum atomic E-state index is 14.6. The average molecular weight is 562 g/mol. The SMILES string of the molecule is CCCCN1C(=O)[C@]2(C(=C(O)c3ccc4c(c3)OCCO4)C(=O)C(=O)N2CCCN2CCOCC2)c2ccccc21. The predicted octanol–water partition coefficient (Wildman–Crippen LogP) is 2.90. The van der Waals surface area contributed by atoms with E-state index in [0.717, 1.165) is 25.9 Å². The molecule has 2 aromatic carbocycles. The van der Waals surface area contributed by atoms with Gasteiger partial charge in [0.15, 0.2) is 17.0 Å². The van der Waals surface area contributed by atoms with E-state index in [4.69, 9.17) is 14.2 Å². The van der Waals surface area contributed by atoms with Crippen LogP contribution in [0.5, 0.6) is 11.5 Å². The topological polar surface area (TPSA) is 109 Å². The lowest BCUT2D eigenvalue weighted by Gasteiger charge is -2.35. The Morgan fingerprint density at radius 2 is 1.66 bits per heavy atom. The molecule has 0 unspecified atom stereocenters. The molecule has 2 aromatic rings. The molecule has 10 nitrogen and oxygen atoms in total. The van der Waals surface area contributed by atoms with E-state index in [0.29, 0.717) is 68.7 Å². The smallest absolute Gasteiger partial charge is 0.296 e. The molecule has 1 spiro atoms. The highest BCUT2D eigenvalue weighted by atomic mass is 16.6. The van der Waals surface area contributed by atoms with Crippen molar-refractivity contribution in [3.05, 3.63) is 59.2 Å². The van der Waals surface area contributed by atoms with Gasteiger partial charge in [-0.3, -0.25) is 19.3 Å². The molecule has 2 amide bonds. The van der Waals surface area contributed by atoms with Gasteiger partial charge in [-0.2, -0.15) is 0 Å². The second-order valence-electron chi connectivity index (χ2n) is 10.7. The fourth-order valence-electron chi connectivity index (χ4n) is 6.32. The number of para-hydroxylation sites is 1. The van der Waals surface area contributed by atoms with Crippen LogP contribution in [0.15, 0.2) is 48.0 Å². The predicted molar refractivity (Wildman–Crippen MR) is 151 cm³/mol. The number of carbonyl (C=O) groups is 3. The summed E-state index contributed by atoms with van der Waals surface area (Å²) >= 11 is 0. The van der Waals surface area contributed by atoms with Crippen molar-refractivity contribution in [2.75, 3.05) is 64.1 Å². The van der Waals surface area contributed by atoms with Gasteiger partial charge in [0, 0.05) is 43.9 Å². The molecule has 216 valence electrons. The summed E-state index contributed by atoms with van der Waals surface area (Å²) in [5, 5.41) is 11.8. The second kappa shape index (κ2) is 11.2. The Hall–Kier alpha value is -3.89. The summed E-state index contributed by atoms with van der Waals surface area (Å²) < 4.78 is 16.8.